The van der Waals surface area contributed by atoms with Crippen molar-refractivity contribution in [2.75, 3.05) is 0 Å². The third-order valence-electron chi connectivity index (χ3n) is 1.41. The fourth-order valence-electron chi connectivity index (χ4n) is 0.629. The summed E-state index contributed by atoms with van der Waals surface area (Å²) in [6.45, 7) is 5.45. The molecule has 1 nitrogen and oxygen atoms in total. The van der Waals surface area contributed by atoms with Gasteiger partial charge in [0.2, 0.25) is 0 Å². The molecule has 0 aromatic carbocycles. The minimum absolute atomic E-state index is 0.0590. The van der Waals surface area contributed by atoms with E-state index in [2.05, 4.69) is 0 Å². The van der Waals surface area contributed by atoms with Gasteiger partial charge in [0.05, 0.1) is 5.38 Å². The van der Waals surface area contributed by atoms with Gasteiger partial charge in [-0.3, -0.25) is 0 Å². The summed E-state index contributed by atoms with van der Waals surface area (Å²) in [6, 6.07) is 0. The first kappa shape index (κ1) is 10.5. The summed E-state index contributed by atoms with van der Waals surface area (Å²) in [6.07, 6.45) is -0.755. The quantitative estimate of drug-likeness (QED) is 0.601. The monoisotopic (exact) mass is 183 g/mol. The van der Waals surface area contributed by atoms with E-state index in [1.165, 1.54) is 0 Å². The SMILES string of the molecule is CC(C)C([O])C(Cl)C(C)Cl. The van der Waals surface area contributed by atoms with Crippen LogP contribution in [0.15, 0.2) is 0 Å². The normalized spacial score (nSPS) is 20.7. The summed E-state index contributed by atoms with van der Waals surface area (Å²) in [5.74, 6) is 0.0590. The Morgan fingerprint density at radius 1 is 1.10 bits per heavy atom. The molecule has 0 N–H and O–H groups in total. The second-order valence-electron chi connectivity index (χ2n) is 2.83. The second kappa shape index (κ2) is 4.42. The fraction of sp³-hybridized carbons (Fsp3) is 1.00. The molecule has 3 heteroatoms. The topological polar surface area (TPSA) is 19.9 Å². The van der Waals surface area contributed by atoms with Crippen LogP contribution < -0.4 is 0 Å². The van der Waals surface area contributed by atoms with Crippen molar-refractivity contribution in [2.24, 2.45) is 5.92 Å². The first-order chi connectivity index (χ1) is 4.46. The zero-order chi connectivity index (χ0) is 8.31. The minimum Gasteiger partial charge on any atom is -0.231 e. The van der Waals surface area contributed by atoms with Crippen LogP contribution >= 0.6 is 23.2 Å². The Morgan fingerprint density at radius 2 is 1.50 bits per heavy atom. The van der Waals surface area contributed by atoms with Crippen molar-refractivity contribution in [2.45, 2.75) is 37.6 Å². The number of halogens is 2. The molecule has 0 aromatic heterocycles. The molecule has 3 atom stereocenters. The highest BCUT2D eigenvalue weighted by atomic mass is 35.5. The predicted octanol–water partition coefficient (Wildman–Crippen LogP) is 2.68. The van der Waals surface area contributed by atoms with Crippen LogP contribution in [0.25, 0.3) is 0 Å². The van der Waals surface area contributed by atoms with Gasteiger partial charge in [0, 0.05) is 5.38 Å². The summed E-state index contributed by atoms with van der Waals surface area (Å²) in [5, 5.41) is 10.5. The van der Waals surface area contributed by atoms with Crippen LogP contribution in [0.2, 0.25) is 0 Å². The fourth-order valence-corrected chi connectivity index (χ4v) is 1.06. The van der Waals surface area contributed by atoms with Crippen LogP contribution in [0.4, 0.5) is 0 Å². The summed E-state index contributed by atoms with van der Waals surface area (Å²) in [5.41, 5.74) is 0. The highest BCUT2D eigenvalue weighted by Gasteiger charge is 2.25. The molecular formula is C7H13Cl2O. The molecule has 0 aliphatic heterocycles. The van der Waals surface area contributed by atoms with Gasteiger partial charge in [0.25, 0.3) is 0 Å². The minimum atomic E-state index is -0.755. The molecule has 0 spiro atoms. The molecule has 0 aromatic rings. The van der Waals surface area contributed by atoms with Gasteiger partial charge in [-0.2, -0.15) is 0 Å². The van der Waals surface area contributed by atoms with Crippen molar-refractivity contribution in [3.05, 3.63) is 0 Å². The van der Waals surface area contributed by atoms with E-state index in [4.69, 9.17) is 23.2 Å². The predicted molar refractivity (Wildman–Crippen MR) is 44.3 cm³/mol. The van der Waals surface area contributed by atoms with Gasteiger partial charge in [-0.05, 0) is 12.8 Å². The van der Waals surface area contributed by atoms with E-state index < -0.39 is 11.5 Å². The molecule has 0 aliphatic rings. The third-order valence-corrected chi connectivity index (χ3v) is 2.44. The molecule has 0 rings (SSSR count). The Kier molecular flexibility index (Phi) is 4.66. The van der Waals surface area contributed by atoms with Crippen molar-refractivity contribution >= 4 is 23.2 Å². The molecule has 0 saturated heterocycles. The number of hydrogen-bond acceptors (Lipinski definition) is 0. The lowest BCUT2D eigenvalue weighted by Crippen LogP contribution is -2.30. The van der Waals surface area contributed by atoms with Crippen molar-refractivity contribution in [1.82, 2.24) is 0 Å². The average Bonchev–Trinajstić information content (AvgIpc) is 1.84. The van der Waals surface area contributed by atoms with Crippen LogP contribution in [0.1, 0.15) is 20.8 Å². The summed E-state index contributed by atoms with van der Waals surface area (Å²) >= 11 is 11.4. The van der Waals surface area contributed by atoms with Crippen LogP contribution in [0.3, 0.4) is 0 Å². The van der Waals surface area contributed by atoms with E-state index in [0.717, 1.165) is 0 Å². The number of alkyl halides is 2. The Hall–Kier alpha value is 0.540. The first-order valence-corrected chi connectivity index (χ1v) is 4.28. The van der Waals surface area contributed by atoms with Gasteiger partial charge in [-0.1, -0.05) is 13.8 Å². The number of rotatable bonds is 3. The Balaban J connectivity index is 3.81. The summed E-state index contributed by atoms with van der Waals surface area (Å²) in [4.78, 5) is 0. The molecule has 0 aliphatic carbocycles. The standard InChI is InChI=1S/C7H13Cl2O/c1-4(2)7(10)6(9)5(3)8/h4-7H,1-3H3. The molecule has 0 fully saturated rings. The van der Waals surface area contributed by atoms with Crippen molar-refractivity contribution in [3.8, 4) is 0 Å². The molecule has 0 amide bonds. The van der Waals surface area contributed by atoms with Crippen LogP contribution in [-0.4, -0.2) is 16.9 Å². The molecule has 0 saturated carbocycles. The van der Waals surface area contributed by atoms with Crippen molar-refractivity contribution in [1.29, 1.82) is 0 Å². The molecule has 10 heavy (non-hydrogen) atoms. The highest BCUT2D eigenvalue weighted by molar-refractivity contribution is 6.30. The van der Waals surface area contributed by atoms with E-state index >= 15 is 0 Å². The molecule has 61 valence electrons. The smallest absolute Gasteiger partial charge is 0.113 e. The molecule has 1 radical (unpaired) electrons. The molecule has 3 unspecified atom stereocenters. The van der Waals surface area contributed by atoms with E-state index in [1.54, 1.807) is 6.92 Å². The Bertz CT molecular complexity index is 81.6. The van der Waals surface area contributed by atoms with E-state index in [9.17, 15) is 5.11 Å². The van der Waals surface area contributed by atoms with Crippen LogP contribution in [0.5, 0.6) is 0 Å². The zero-order valence-electron chi connectivity index (χ0n) is 6.47. The van der Waals surface area contributed by atoms with E-state index in [0.29, 0.717) is 0 Å². The first-order valence-electron chi connectivity index (χ1n) is 3.40. The van der Waals surface area contributed by atoms with Crippen molar-refractivity contribution in [3.63, 3.8) is 0 Å². The maximum absolute atomic E-state index is 11.2. The Labute approximate surface area is 72.3 Å². The van der Waals surface area contributed by atoms with Crippen molar-refractivity contribution < 1.29 is 5.11 Å². The van der Waals surface area contributed by atoms with Gasteiger partial charge in [0.15, 0.2) is 0 Å². The molecule has 0 bridgehead atoms. The van der Waals surface area contributed by atoms with E-state index in [-0.39, 0.29) is 11.3 Å². The maximum Gasteiger partial charge on any atom is 0.113 e. The summed E-state index contributed by atoms with van der Waals surface area (Å²) < 4.78 is 0. The molecular weight excluding hydrogens is 171 g/mol. The van der Waals surface area contributed by atoms with Gasteiger partial charge < -0.3 is 0 Å². The lowest BCUT2D eigenvalue weighted by atomic mass is 10.0. The summed E-state index contributed by atoms with van der Waals surface area (Å²) in [7, 11) is 0. The van der Waals surface area contributed by atoms with E-state index in [1.807, 2.05) is 13.8 Å². The lowest BCUT2D eigenvalue weighted by Gasteiger charge is -2.19. The van der Waals surface area contributed by atoms with Gasteiger partial charge >= 0.3 is 0 Å². The Morgan fingerprint density at radius 3 is 1.60 bits per heavy atom. The average molecular weight is 184 g/mol. The molecule has 0 heterocycles. The largest absolute Gasteiger partial charge is 0.231 e. The van der Waals surface area contributed by atoms with Gasteiger partial charge in [-0.15, -0.1) is 23.2 Å². The third kappa shape index (κ3) is 3.09. The second-order valence-corrected chi connectivity index (χ2v) is 4.02. The van der Waals surface area contributed by atoms with Gasteiger partial charge in [0.1, 0.15) is 6.10 Å². The maximum atomic E-state index is 11.2. The van der Waals surface area contributed by atoms with Crippen LogP contribution in [-0.2, 0) is 5.11 Å². The van der Waals surface area contributed by atoms with Crippen LogP contribution in [0, 0.1) is 5.92 Å². The lowest BCUT2D eigenvalue weighted by molar-refractivity contribution is 0.0461. The van der Waals surface area contributed by atoms with Gasteiger partial charge in [-0.25, -0.2) is 5.11 Å². The zero-order valence-corrected chi connectivity index (χ0v) is 7.99. The number of hydrogen-bond donors (Lipinski definition) is 0. The highest BCUT2D eigenvalue weighted by Crippen LogP contribution is 2.19.